The predicted molar refractivity (Wildman–Crippen MR) is 69.3 cm³/mol. The number of aryl methyl sites for hydroxylation is 2. The molecule has 0 fully saturated rings. The van der Waals surface area contributed by atoms with E-state index in [1.54, 1.807) is 0 Å². The SMILES string of the molecule is CSc1nnc(CNc2ccc(C)cc2C)o1. The Morgan fingerprint density at radius 3 is 2.76 bits per heavy atom. The Labute approximate surface area is 105 Å². The molecule has 0 aliphatic rings. The fraction of sp³-hybridized carbons (Fsp3) is 0.333. The van der Waals surface area contributed by atoms with Crippen molar-refractivity contribution in [2.24, 2.45) is 0 Å². The summed E-state index contributed by atoms with van der Waals surface area (Å²) >= 11 is 1.45. The van der Waals surface area contributed by atoms with Gasteiger partial charge in [-0.2, -0.15) is 0 Å². The molecule has 0 aliphatic heterocycles. The number of hydrogen-bond acceptors (Lipinski definition) is 5. The topological polar surface area (TPSA) is 51.0 Å². The number of nitrogens with one attached hydrogen (secondary N) is 1. The van der Waals surface area contributed by atoms with Crippen molar-refractivity contribution < 1.29 is 4.42 Å². The van der Waals surface area contributed by atoms with Gasteiger partial charge < -0.3 is 9.73 Å². The normalized spacial score (nSPS) is 10.5. The molecule has 0 unspecified atom stereocenters. The molecule has 0 aliphatic carbocycles. The van der Waals surface area contributed by atoms with Gasteiger partial charge in [-0.15, -0.1) is 10.2 Å². The zero-order valence-electron chi connectivity index (χ0n) is 10.2. The minimum Gasteiger partial charge on any atom is -0.414 e. The molecule has 0 spiro atoms. The van der Waals surface area contributed by atoms with Crippen molar-refractivity contribution in [2.45, 2.75) is 25.6 Å². The van der Waals surface area contributed by atoms with Gasteiger partial charge in [0.05, 0.1) is 6.54 Å². The van der Waals surface area contributed by atoms with Gasteiger partial charge in [-0.1, -0.05) is 29.5 Å². The first-order valence-corrected chi connectivity index (χ1v) is 6.59. The van der Waals surface area contributed by atoms with Crippen LogP contribution in [0.4, 0.5) is 5.69 Å². The summed E-state index contributed by atoms with van der Waals surface area (Å²) < 4.78 is 5.40. The van der Waals surface area contributed by atoms with Crippen molar-refractivity contribution in [1.82, 2.24) is 10.2 Å². The summed E-state index contributed by atoms with van der Waals surface area (Å²) in [6, 6.07) is 6.29. The zero-order valence-corrected chi connectivity index (χ0v) is 11.0. The second-order valence-electron chi connectivity index (χ2n) is 3.84. The predicted octanol–water partition coefficient (Wildman–Crippen LogP) is 3.02. The maximum atomic E-state index is 5.40. The molecule has 0 bridgehead atoms. The first kappa shape index (κ1) is 12.0. The van der Waals surface area contributed by atoms with Crippen LogP contribution in [0.5, 0.6) is 0 Å². The smallest absolute Gasteiger partial charge is 0.276 e. The molecule has 0 saturated carbocycles. The Hall–Kier alpha value is -1.49. The van der Waals surface area contributed by atoms with Gasteiger partial charge in [-0.05, 0) is 31.7 Å². The first-order chi connectivity index (χ1) is 8.19. The number of rotatable bonds is 4. The van der Waals surface area contributed by atoms with E-state index in [1.165, 1.54) is 22.9 Å². The highest BCUT2D eigenvalue weighted by Crippen LogP contribution is 2.17. The highest BCUT2D eigenvalue weighted by molar-refractivity contribution is 7.98. The minimum absolute atomic E-state index is 0.553. The summed E-state index contributed by atoms with van der Waals surface area (Å²) in [4.78, 5) is 0. The number of hydrogen-bond donors (Lipinski definition) is 1. The summed E-state index contributed by atoms with van der Waals surface area (Å²) in [5.41, 5.74) is 3.57. The van der Waals surface area contributed by atoms with Gasteiger partial charge in [0, 0.05) is 5.69 Å². The van der Waals surface area contributed by atoms with Gasteiger partial charge in [0.2, 0.25) is 5.89 Å². The standard InChI is InChI=1S/C12H15N3OS/c1-8-4-5-10(9(2)6-8)13-7-11-14-15-12(16-11)17-3/h4-6,13H,7H2,1-3H3. The fourth-order valence-electron chi connectivity index (χ4n) is 1.57. The van der Waals surface area contributed by atoms with E-state index >= 15 is 0 Å². The molecule has 5 heteroatoms. The van der Waals surface area contributed by atoms with Gasteiger partial charge in [0.1, 0.15) is 0 Å². The monoisotopic (exact) mass is 249 g/mol. The van der Waals surface area contributed by atoms with Crippen molar-refractivity contribution in [3.8, 4) is 0 Å². The van der Waals surface area contributed by atoms with Crippen LogP contribution in [-0.4, -0.2) is 16.5 Å². The third kappa shape index (κ3) is 3.00. The van der Waals surface area contributed by atoms with E-state index < -0.39 is 0 Å². The van der Waals surface area contributed by atoms with Crippen LogP contribution >= 0.6 is 11.8 Å². The van der Waals surface area contributed by atoms with E-state index in [-0.39, 0.29) is 0 Å². The van der Waals surface area contributed by atoms with Crippen LogP contribution in [0.2, 0.25) is 0 Å². The largest absolute Gasteiger partial charge is 0.414 e. The van der Waals surface area contributed by atoms with Crippen molar-refractivity contribution in [1.29, 1.82) is 0 Å². The summed E-state index contributed by atoms with van der Waals surface area (Å²) in [5.74, 6) is 0.606. The average molecular weight is 249 g/mol. The van der Waals surface area contributed by atoms with E-state index in [9.17, 15) is 0 Å². The third-order valence-electron chi connectivity index (χ3n) is 2.43. The molecule has 1 aromatic carbocycles. The van der Waals surface area contributed by atoms with Gasteiger partial charge in [-0.3, -0.25) is 0 Å². The fourth-order valence-corrected chi connectivity index (χ4v) is 1.88. The highest BCUT2D eigenvalue weighted by Gasteiger charge is 2.05. The number of thioether (sulfide) groups is 1. The second kappa shape index (κ2) is 5.23. The molecular formula is C12H15N3OS. The van der Waals surface area contributed by atoms with E-state index in [2.05, 4.69) is 47.6 Å². The summed E-state index contributed by atoms with van der Waals surface area (Å²) in [6.07, 6.45) is 1.91. The lowest BCUT2D eigenvalue weighted by molar-refractivity contribution is 0.419. The van der Waals surface area contributed by atoms with Crippen molar-refractivity contribution in [3.63, 3.8) is 0 Å². The third-order valence-corrected chi connectivity index (χ3v) is 2.95. The summed E-state index contributed by atoms with van der Waals surface area (Å²) in [5, 5.41) is 11.7. The van der Waals surface area contributed by atoms with Crippen LogP contribution in [0.3, 0.4) is 0 Å². The number of nitrogens with zero attached hydrogens (tertiary/aromatic N) is 2. The van der Waals surface area contributed by atoms with Gasteiger partial charge >= 0.3 is 0 Å². The molecule has 0 saturated heterocycles. The van der Waals surface area contributed by atoms with Crippen LogP contribution in [0.1, 0.15) is 17.0 Å². The van der Waals surface area contributed by atoms with Crippen LogP contribution in [-0.2, 0) is 6.54 Å². The molecule has 17 heavy (non-hydrogen) atoms. The van der Waals surface area contributed by atoms with Crippen molar-refractivity contribution in [3.05, 3.63) is 35.2 Å². The van der Waals surface area contributed by atoms with E-state index in [0.717, 1.165) is 5.69 Å². The summed E-state index contributed by atoms with van der Waals surface area (Å²) in [6.45, 7) is 4.72. The van der Waals surface area contributed by atoms with Crippen molar-refractivity contribution >= 4 is 17.4 Å². The molecule has 90 valence electrons. The second-order valence-corrected chi connectivity index (χ2v) is 4.60. The lowest BCUT2D eigenvalue weighted by Gasteiger charge is -2.07. The maximum absolute atomic E-state index is 5.40. The Balaban J connectivity index is 2.02. The quantitative estimate of drug-likeness (QED) is 0.844. The lowest BCUT2D eigenvalue weighted by atomic mass is 10.1. The molecule has 2 aromatic rings. The van der Waals surface area contributed by atoms with Crippen LogP contribution in [0, 0.1) is 13.8 Å². The number of benzene rings is 1. The number of anilines is 1. The zero-order chi connectivity index (χ0) is 12.3. The molecular weight excluding hydrogens is 234 g/mol. The highest BCUT2D eigenvalue weighted by atomic mass is 32.2. The van der Waals surface area contributed by atoms with Gasteiger partial charge in [0.15, 0.2) is 0 Å². The Morgan fingerprint density at radius 2 is 2.12 bits per heavy atom. The Morgan fingerprint density at radius 1 is 1.29 bits per heavy atom. The van der Waals surface area contributed by atoms with Gasteiger partial charge in [0.25, 0.3) is 5.22 Å². The Kier molecular flexibility index (Phi) is 3.68. The number of aromatic nitrogens is 2. The average Bonchev–Trinajstić information content (AvgIpc) is 2.76. The van der Waals surface area contributed by atoms with E-state index in [0.29, 0.717) is 17.7 Å². The molecule has 1 N–H and O–H groups in total. The molecule has 0 atom stereocenters. The van der Waals surface area contributed by atoms with Gasteiger partial charge in [-0.25, -0.2) is 0 Å². The maximum Gasteiger partial charge on any atom is 0.276 e. The summed E-state index contributed by atoms with van der Waals surface area (Å²) in [7, 11) is 0. The minimum atomic E-state index is 0.553. The molecule has 1 heterocycles. The van der Waals surface area contributed by atoms with Crippen LogP contribution < -0.4 is 5.32 Å². The molecule has 2 rings (SSSR count). The molecule has 1 aromatic heterocycles. The molecule has 0 radical (unpaired) electrons. The van der Waals surface area contributed by atoms with E-state index in [4.69, 9.17) is 4.42 Å². The molecule has 4 nitrogen and oxygen atoms in total. The van der Waals surface area contributed by atoms with Crippen molar-refractivity contribution in [2.75, 3.05) is 11.6 Å². The lowest BCUT2D eigenvalue weighted by Crippen LogP contribution is -2.01. The van der Waals surface area contributed by atoms with Crippen LogP contribution in [0.25, 0.3) is 0 Å². The van der Waals surface area contributed by atoms with E-state index in [1.807, 2.05) is 6.26 Å². The Bertz CT molecular complexity index is 510. The first-order valence-electron chi connectivity index (χ1n) is 5.36. The van der Waals surface area contributed by atoms with Crippen LogP contribution in [0.15, 0.2) is 27.8 Å². The molecule has 0 amide bonds.